The van der Waals surface area contributed by atoms with Crippen molar-refractivity contribution in [3.8, 4) is 0 Å². The van der Waals surface area contributed by atoms with Crippen molar-refractivity contribution in [2.75, 3.05) is 22.9 Å². The summed E-state index contributed by atoms with van der Waals surface area (Å²) < 4.78 is 5.85. The van der Waals surface area contributed by atoms with E-state index in [-0.39, 0.29) is 5.56 Å². The summed E-state index contributed by atoms with van der Waals surface area (Å²) in [6, 6.07) is 19.1. The van der Waals surface area contributed by atoms with Crippen molar-refractivity contribution in [1.29, 1.82) is 0 Å². The average molecular weight is 498 g/mol. The standard InChI is InChI=1S/C30H33N4OS/c1-5-31-20-19-22(23-13-9-10-14-24(23)31)21-29-34(8-4)30(35)27(36-29)17-18-28-32(6-2)25-15-11-12-16-26(25)33(28)7-3/h9-21H,5-8H2,1-4H3/q+1. The average Bonchev–Trinajstić information content (AvgIpc) is 3.39. The third kappa shape index (κ3) is 4.05. The molecule has 184 valence electrons. The smallest absolute Gasteiger partial charge is 0.269 e. The summed E-state index contributed by atoms with van der Waals surface area (Å²) in [6.45, 7) is 11.8. The van der Waals surface area contributed by atoms with Gasteiger partial charge in [0, 0.05) is 31.8 Å². The van der Waals surface area contributed by atoms with Crippen LogP contribution in [0.5, 0.6) is 0 Å². The SMILES string of the molecule is CCN1C(=CC=c2sc(=Cc3cc[n+](CC)c4ccccc34)n(CC)c2=O)N(CC)c2ccccc21. The van der Waals surface area contributed by atoms with Crippen LogP contribution in [0.2, 0.25) is 0 Å². The number of hydrogen-bond acceptors (Lipinski definition) is 4. The van der Waals surface area contributed by atoms with Gasteiger partial charge in [0.15, 0.2) is 6.20 Å². The third-order valence-electron chi connectivity index (χ3n) is 6.86. The van der Waals surface area contributed by atoms with Crippen LogP contribution in [0.3, 0.4) is 0 Å². The summed E-state index contributed by atoms with van der Waals surface area (Å²) in [5.41, 5.74) is 4.83. The van der Waals surface area contributed by atoms with Gasteiger partial charge in [0.2, 0.25) is 5.52 Å². The highest BCUT2D eigenvalue weighted by Crippen LogP contribution is 2.40. The number of allylic oxidation sites excluding steroid dienone is 1. The molecule has 2 aromatic heterocycles. The van der Waals surface area contributed by atoms with Gasteiger partial charge in [-0.1, -0.05) is 24.3 Å². The van der Waals surface area contributed by atoms with Gasteiger partial charge in [-0.15, -0.1) is 11.3 Å². The molecule has 0 radical (unpaired) electrons. The van der Waals surface area contributed by atoms with Gasteiger partial charge in [0.05, 0.1) is 26.0 Å². The largest absolute Gasteiger partial charge is 0.326 e. The van der Waals surface area contributed by atoms with Crippen LogP contribution in [0, 0.1) is 0 Å². The molecule has 1 aliphatic rings. The Balaban J connectivity index is 1.64. The van der Waals surface area contributed by atoms with E-state index in [1.54, 1.807) is 11.3 Å². The van der Waals surface area contributed by atoms with E-state index in [9.17, 15) is 4.79 Å². The molecular weight excluding hydrogens is 464 g/mol. The number of aromatic nitrogens is 2. The normalized spacial score (nSPS) is 14.3. The van der Waals surface area contributed by atoms with Crippen LogP contribution in [0.4, 0.5) is 11.4 Å². The molecule has 0 saturated heterocycles. The van der Waals surface area contributed by atoms with E-state index in [0.29, 0.717) is 6.54 Å². The molecule has 36 heavy (non-hydrogen) atoms. The van der Waals surface area contributed by atoms with Crippen LogP contribution < -0.4 is 29.1 Å². The molecule has 0 fully saturated rings. The van der Waals surface area contributed by atoms with Crippen molar-refractivity contribution in [1.82, 2.24) is 4.57 Å². The second kappa shape index (κ2) is 10.2. The number of hydrogen-bond donors (Lipinski definition) is 0. The van der Waals surface area contributed by atoms with E-state index in [0.717, 1.165) is 40.2 Å². The molecule has 0 bridgehead atoms. The highest BCUT2D eigenvalue weighted by molar-refractivity contribution is 7.07. The Labute approximate surface area is 216 Å². The molecule has 0 atom stereocenters. The van der Waals surface area contributed by atoms with Gasteiger partial charge < -0.3 is 9.80 Å². The minimum absolute atomic E-state index is 0.0658. The number of nitrogens with zero attached hydrogens (tertiary/aromatic N) is 4. The Kier molecular flexibility index (Phi) is 6.79. The third-order valence-corrected chi connectivity index (χ3v) is 7.94. The van der Waals surface area contributed by atoms with Gasteiger partial charge in [0.25, 0.3) is 5.56 Å². The van der Waals surface area contributed by atoms with Gasteiger partial charge in [-0.2, -0.15) is 4.57 Å². The van der Waals surface area contributed by atoms with Crippen LogP contribution in [-0.2, 0) is 13.1 Å². The molecule has 0 aliphatic carbocycles. The zero-order valence-corrected chi connectivity index (χ0v) is 22.3. The van der Waals surface area contributed by atoms with E-state index in [1.807, 2.05) is 17.6 Å². The molecule has 5 nitrogen and oxygen atoms in total. The number of pyridine rings is 1. The number of para-hydroxylation sites is 3. The quantitative estimate of drug-likeness (QED) is 0.374. The molecule has 0 saturated carbocycles. The van der Waals surface area contributed by atoms with Gasteiger partial charge in [-0.3, -0.25) is 9.36 Å². The zero-order valence-electron chi connectivity index (χ0n) is 21.4. The number of anilines is 2. The fraction of sp³-hybridized carbons (Fsp3) is 0.267. The molecule has 0 N–H and O–H groups in total. The monoisotopic (exact) mass is 497 g/mol. The van der Waals surface area contributed by atoms with Gasteiger partial charge in [0.1, 0.15) is 12.4 Å². The molecule has 3 heterocycles. The van der Waals surface area contributed by atoms with Crippen molar-refractivity contribution in [2.24, 2.45) is 0 Å². The molecule has 1 aliphatic heterocycles. The van der Waals surface area contributed by atoms with Gasteiger partial charge in [-0.25, -0.2) is 0 Å². The number of rotatable bonds is 6. The summed E-state index contributed by atoms with van der Waals surface area (Å²) in [4.78, 5) is 18.0. The molecular formula is C30H33N4OS+. The first-order chi connectivity index (χ1) is 17.6. The van der Waals surface area contributed by atoms with Crippen LogP contribution >= 0.6 is 11.3 Å². The molecule has 6 heteroatoms. The summed E-state index contributed by atoms with van der Waals surface area (Å²) in [7, 11) is 0. The van der Waals surface area contributed by atoms with Crippen LogP contribution in [0.15, 0.2) is 77.5 Å². The Bertz CT molecular complexity index is 1600. The first-order valence-electron chi connectivity index (χ1n) is 12.8. The van der Waals surface area contributed by atoms with Crippen molar-refractivity contribution in [2.45, 2.75) is 40.8 Å². The first kappa shape index (κ1) is 24.1. The van der Waals surface area contributed by atoms with Gasteiger partial charge >= 0.3 is 0 Å². The lowest BCUT2D eigenvalue weighted by molar-refractivity contribution is -0.667. The first-order valence-corrected chi connectivity index (χ1v) is 13.6. The Hall–Kier alpha value is -3.64. The Morgan fingerprint density at radius 1 is 0.833 bits per heavy atom. The fourth-order valence-corrected chi connectivity index (χ4v) is 6.17. The topological polar surface area (TPSA) is 32.4 Å². The molecule has 0 unspecified atom stereocenters. The number of aryl methyl sites for hydroxylation is 1. The number of fused-ring (bicyclic) bond motifs is 2. The van der Waals surface area contributed by atoms with E-state index >= 15 is 0 Å². The minimum Gasteiger partial charge on any atom is -0.326 e. The van der Waals surface area contributed by atoms with Crippen molar-refractivity contribution in [3.05, 3.63) is 97.8 Å². The lowest BCUT2D eigenvalue weighted by atomic mass is 10.1. The maximum atomic E-state index is 13.4. The Morgan fingerprint density at radius 3 is 2.14 bits per heavy atom. The van der Waals surface area contributed by atoms with Crippen LogP contribution in [-0.4, -0.2) is 17.7 Å². The summed E-state index contributed by atoms with van der Waals surface area (Å²) in [5, 5.41) is 1.19. The van der Waals surface area contributed by atoms with E-state index in [4.69, 9.17) is 0 Å². The molecule has 0 spiro atoms. The number of thiazole rings is 1. The molecule has 5 rings (SSSR count). The lowest BCUT2D eigenvalue weighted by Gasteiger charge is -2.23. The van der Waals surface area contributed by atoms with Crippen molar-refractivity contribution >= 4 is 45.8 Å². The molecule has 2 aromatic carbocycles. The Morgan fingerprint density at radius 2 is 1.50 bits per heavy atom. The predicted molar refractivity (Wildman–Crippen MR) is 152 cm³/mol. The van der Waals surface area contributed by atoms with E-state index in [2.05, 4.69) is 108 Å². The summed E-state index contributed by atoms with van der Waals surface area (Å²) in [6.07, 6.45) is 8.39. The van der Waals surface area contributed by atoms with E-state index < -0.39 is 0 Å². The van der Waals surface area contributed by atoms with Gasteiger partial charge in [-0.05, 0) is 69.7 Å². The summed E-state index contributed by atoms with van der Waals surface area (Å²) >= 11 is 1.56. The fourth-order valence-electron chi connectivity index (χ4n) is 5.11. The predicted octanol–water partition coefficient (Wildman–Crippen LogP) is 4.21. The highest BCUT2D eigenvalue weighted by Gasteiger charge is 2.28. The van der Waals surface area contributed by atoms with Crippen molar-refractivity contribution in [3.63, 3.8) is 0 Å². The van der Waals surface area contributed by atoms with Crippen molar-refractivity contribution < 1.29 is 4.57 Å². The number of benzene rings is 2. The zero-order chi connectivity index (χ0) is 25.2. The van der Waals surface area contributed by atoms with Crippen LogP contribution in [0.25, 0.3) is 23.1 Å². The second-order valence-corrected chi connectivity index (χ2v) is 9.80. The second-order valence-electron chi connectivity index (χ2n) is 8.74. The molecule has 4 aromatic rings. The van der Waals surface area contributed by atoms with Crippen LogP contribution in [0.1, 0.15) is 33.3 Å². The highest BCUT2D eigenvalue weighted by atomic mass is 32.1. The minimum atomic E-state index is 0.0658. The van der Waals surface area contributed by atoms with E-state index in [1.165, 1.54) is 22.3 Å². The lowest BCUT2D eigenvalue weighted by Crippen LogP contribution is -2.33. The maximum Gasteiger partial charge on any atom is 0.269 e. The summed E-state index contributed by atoms with van der Waals surface area (Å²) in [5.74, 6) is 1.11. The maximum absolute atomic E-state index is 13.4. The molecule has 0 amide bonds.